The lowest BCUT2D eigenvalue weighted by molar-refractivity contribution is -0.117. The Hall–Kier alpha value is -2.76. The van der Waals surface area contributed by atoms with Gasteiger partial charge in [0.25, 0.3) is 11.8 Å². The van der Waals surface area contributed by atoms with Gasteiger partial charge in [0.05, 0.1) is 11.1 Å². The molecule has 1 aromatic rings. The molecular weight excluding hydrogens is 244 g/mol. The van der Waals surface area contributed by atoms with E-state index in [2.05, 4.69) is 27.4 Å². The molecule has 0 aliphatic rings. The van der Waals surface area contributed by atoms with Crippen LogP contribution in [0.3, 0.4) is 0 Å². The molecule has 1 aromatic heterocycles. The molecule has 0 aromatic carbocycles. The zero-order valence-electron chi connectivity index (χ0n) is 10.5. The Labute approximate surface area is 110 Å². The third-order valence-electron chi connectivity index (χ3n) is 2.06. The quantitative estimate of drug-likeness (QED) is 0.366. The van der Waals surface area contributed by atoms with Gasteiger partial charge in [0.15, 0.2) is 0 Å². The van der Waals surface area contributed by atoms with Crippen molar-refractivity contribution in [1.29, 1.82) is 0 Å². The van der Waals surface area contributed by atoms with Crippen molar-refractivity contribution < 1.29 is 9.59 Å². The van der Waals surface area contributed by atoms with Crippen molar-refractivity contribution in [3.63, 3.8) is 0 Å². The predicted molar refractivity (Wildman–Crippen MR) is 72.3 cm³/mol. The molecule has 0 aliphatic heterocycles. The van der Waals surface area contributed by atoms with E-state index in [-0.39, 0.29) is 5.57 Å². The first kappa shape index (κ1) is 14.3. The number of aliphatic imine (C=N–C) groups is 1. The maximum Gasteiger partial charge on any atom is 0.271 e. The van der Waals surface area contributed by atoms with E-state index in [1.807, 2.05) is 0 Å². The van der Waals surface area contributed by atoms with Crippen LogP contribution in [-0.2, 0) is 4.79 Å². The van der Waals surface area contributed by atoms with Crippen molar-refractivity contribution in [3.05, 3.63) is 54.5 Å². The Bertz CT molecular complexity index is 521. The van der Waals surface area contributed by atoms with Crippen molar-refractivity contribution in [2.24, 2.45) is 4.99 Å². The number of nitrogens with zero attached hydrogens (tertiary/aromatic N) is 2. The lowest BCUT2D eigenvalue weighted by atomic mass is 10.2. The number of hydrogen-bond donors (Lipinski definition) is 2. The average molecular weight is 258 g/mol. The molecular formula is C13H14N4O2. The van der Waals surface area contributed by atoms with Crippen LogP contribution in [0.2, 0.25) is 0 Å². The zero-order valence-corrected chi connectivity index (χ0v) is 10.5. The van der Waals surface area contributed by atoms with E-state index in [4.69, 9.17) is 0 Å². The minimum absolute atomic E-state index is 0.240. The van der Waals surface area contributed by atoms with Crippen LogP contribution in [0.4, 0.5) is 0 Å². The molecule has 6 nitrogen and oxygen atoms in total. The summed E-state index contributed by atoms with van der Waals surface area (Å²) in [6.07, 6.45) is 7.17. The van der Waals surface area contributed by atoms with Gasteiger partial charge in [0, 0.05) is 24.8 Å². The molecule has 19 heavy (non-hydrogen) atoms. The van der Waals surface area contributed by atoms with E-state index in [1.165, 1.54) is 24.7 Å². The maximum atomic E-state index is 11.7. The van der Waals surface area contributed by atoms with Gasteiger partial charge in [-0.3, -0.25) is 30.4 Å². The fourth-order valence-corrected chi connectivity index (χ4v) is 1.11. The summed E-state index contributed by atoms with van der Waals surface area (Å²) in [6, 6.07) is 3.21. The molecule has 0 fully saturated rings. The standard InChI is InChI=1S/C13H14N4O2/c1-3-10(8-14-4-2)12(18)16-17-13(19)11-6-5-7-15-9-11/h3-9H,1H2,2H3,(H,16,18)(H,17,19)/b10-8+,14-4?. The Morgan fingerprint density at radius 2 is 2.21 bits per heavy atom. The molecule has 0 saturated carbocycles. The maximum absolute atomic E-state index is 11.7. The van der Waals surface area contributed by atoms with E-state index < -0.39 is 11.8 Å². The second-order valence-electron chi connectivity index (χ2n) is 3.35. The average Bonchev–Trinajstić information content (AvgIpc) is 2.46. The number of nitrogens with one attached hydrogen (secondary N) is 2. The molecule has 1 heterocycles. The fourth-order valence-electron chi connectivity index (χ4n) is 1.11. The lowest BCUT2D eigenvalue weighted by Crippen LogP contribution is -2.42. The number of rotatable bonds is 4. The van der Waals surface area contributed by atoms with Gasteiger partial charge in [0.2, 0.25) is 0 Å². The van der Waals surface area contributed by atoms with Crippen molar-refractivity contribution in [2.45, 2.75) is 6.92 Å². The third kappa shape index (κ3) is 4.55. The second kappa shape index (κ2) is 7.54. The fraction of sp³-hybridized carbons (Fsp3) is 0.0769. The number of aromatic nitrogens is 1. The summed E-state index contributed by atoms with van der Waals surface area (Å²) in [7, 11) is 0. The Kier molecular flexibility index (Phi) is 5.68. The smallest absolute Gasteiger partial charge is 0.269 e. The Balaban J connectivity index is 2.59. The summed E-state index contributed by atoms with van der Waals surface area (Å²) in [6.45, 7) is 5.22. The van der Waals surface area contributed by atoms with E-state index in [0.29, 0.717) is 5.56 Å². The minimum atomic E-state index is -0.502. The molecule has 0 saturated heterocycles. The highest BCUT2D eigenvalue weighted by Crippen LogP contribution is 1.97. The molecule has 1 rings (SSSR count). The van der Waals surface area contributed by atoms with E-state index in [1.54, 1.807) is 25.3 Å². The van der Waals surface area contributed by atoms with E-state index in [0.717, 1.165) is 0 Å². The van der Waals surface area contributed by atoms with Gasteiger partial charge in [-0.05, 0) is 19.1 Å². The van der Waals surface area contributed by atoms with Crippen molar-refractivity contribution in [2.75, 3.05) is 0 Å². The zero-order chi connectivity index (χ0) is 14.1. The summed E-state index contributed by atoms with van der Waals surface area (Å²) in [5.74, 6) is -0.957. The van der Waals surface area contributed by atoms with Gasteiger partial charge in [-0.2, -0.15) is 0 Å². The molecule has 0 bridgehead atoms. The van der Waals surface area contributed by atoms with Crippen LogP contribution in [0.5, 0.6) is 0 Å². The number of hydrazine groups is 1. The number of amides is 2. The molecule has 0 radical (unpaired) electrons. The summed E-state index contributed by atoms with van der Waals surface area (Å²) >= 11 is 0. The highest BCUT2D eigenvalue weighted by atomic mass is 16.2. The molecule has 98 valence electrons. The van der Waals surface area contributed by atoms with Crippen LogP contribution in [0.25, 0.3) is 0 Å². The van der Waals surface area contributed by atoms with Gasteiger partial charge in [-0.1, -0.05) is 12.7 Å². The second-order valence-corrected chi connectivity index (χ2v) is 3.35. The van der Waals surface area contributed by atoms with E-state index in [9.17, 15) is 9.59 Å². The highest BCUT2D eigenvalue weighted by molar-refractivity contribution is 5.99. The molecule has 0 unspecified atom stereocenters. The number of carbonyl (C=O) groups is 2. The van der Waals surface area contributed by atoms with Crippen molar-refractivity contribution in [3.8, 4) is 0 Å². The molecule has 2 amide bonds. The Morgan fingerprint density at radius 1 is 1.42 bits per heavy atom. The summed E-state index contributed by atoms with van der Waals surface area (Å²) < 4.78 is 0. The molecule has 0 spiro atoms. The minimum Gasteiger partial charge on any atom is -0.269 e. The van der Waals surface area contributed by atoms with Gasteiger partial charge in [0.1, 0.15) is 0 Å². The summed E-state index contributed by atoms with van der Waals surface area (Å²) in [5, 5.41) is 0. The molecule has 0 atom stereocenters. The summed E-state index contributed by atoms with van der Waals surface area (Å²) in [4.78, 5) is 30.9. The summed E-state index contributed by atoms with van der Waals surface area (Å²) in [5.41, 5.74) is 5.12. The number of pyridine rings is 1. The first-order valence-electron chi connectivity index (χ1n) is 5.50. The molecule has 0 aliphatic carbocycles. The third-order valence-corrected chi connectivity index (χ3v) is 2.06. The monoisotopic (exact) mass is 258 g/mol. The predicted octanol–water partition coefficient (Wildman–Crippen LogP) is 1.00. The van der Waals surface area contributed by atoms with Crippen LogP contribution in [0, 0.1) is 0 Å². The first-order valence-corrected chi connectivity index (χ1v) is 5.50. The largest absolute Gasteiger partial charge is 0.271 e. The SMILES string of the molecule is C=C/C(=C\N=CC)C(=O)NNC(=O)c1cccnc1. The van der Waals surface area contributed by atoms with Gasteiger partial charge in [-0.15, -0.1) is 0 Å². The number of carbonyl (C=O) groups excluding carboxylic acids is 2. The Morgan fingerprint density at radius 3 is 2.79 bits per heavy atom. The van der Waals surface area contributed by atoms with Crippen LogP contribution in [0.15, 0.2) is 53.9 Å². The normalized spacial score (nSPS) is 11.1. The first-order chi connectivity index (χ1) is 9.19. The molecule has 2 N–H and O–H groups in total. The van der Waals surface area contributed by atoms with Crippen LogP contribution < -0.4 is 10.9 Å². The van der Waals surface area contributed by atoms with Crippen molar-refractivity contribution >= 4 is 18.0 Å². The highest BCUT2D eigenvalue weighted by Gasteiger charge is 2.08. The van der Waals surface area contributed by atoms with E-state index >= 15 is 0 Å². The van der Waals surface area contributed by atoms with Gasteiger partial charge in [-0.25, -0.2) is 0 Å². The topological polar surface area (TPSA) is 83.5 Å². The van der Waals surface area contributed by atoms with Gasteiger partial charge < -0.3 is 0 Å². The lowest BCUT2D eigenvalue weighted by Gasteiger charge is -2.06. The van der Waals surface area contributed by atoms with Crippen LogP contribution >= 0.6 is 0 Å². The molecule has 6 heteroatoms. The van der Waals surface area contributed by atoms with Crippen LogP contribution in [-0.4, -0.2) is 23.0 Å². The van der Waals surface area contributed by atoms with Gasteiger partial charge >= 0.3 is 0 Å². The number of hydrogen-bond acceptors (Lipinski definition) is 4. The van der Waals surface area contributed by atoms with Crippen molar-refractivity contribution in [1.82, 2.24) is 15.8 Å². The van der Waals surface area contributed by atoms with Crippen LogP contribution in [0.1, 0.15) is 17.3 Å².